The first-order chi connectivity index (χ1) is 8.58. The standard InChI is InChI=1S/C13H12F2N2O.ClH/c1-8-2-9(6-16)7-17-13(8)18-12-4-10(14)3-11(15)5-12;/h2-5,7H,6,16H2,1H3;1H. The molecule has 0 radical (unpaired) electrons. The molecule has 2 rings (SSSR count). The van der Waals surface area contributed by atoms with Gasteiger partial charge in [-0.05, 0) is 18.6 Å². The monoisotopic (exact) mass is 286 g/mol. The second-order valence-electron chi connectivity index (χ2n) is 3.88. The number of hydrogen-bond acceptors (Lipinski definition) is 3. The summed E-state index contributed by atoms with van der Waals surface area (Å²) in [6.07, 6.45) is 1.57. The number of nitrogens with zero attached hydrogens (tertiary/aromatic N) is 1. The number of aryl methyl sites for hydroxylation is 1. The third kappa shape index (κ3) is 3.87. The summed E-state index contributed by atoms with van der Waals surface area (Å²) < 4.78 is 31.3. The molecule has 1 heterocycles. The Morgan fingerprint density at radius 3 is 2.32 bits per heavy atom. The van der Waals surface area contributed by atoms with Gasteiger partial charge in [0.2, 0.25) is 5.88 Å². The van der Waals surface area contributed by atoms with Crippen molar-refractivity contribution in [3.05, 3.63) is 53.2 Å². The van der Waals surface area contributed by atoms with Crippen LogP contribution in [0.2, 0.25) is 0 Å². The maximum atomic E-state index is 13.0. The summed E-state index contributed by atoms with van der Waals surface area (Å²) in [6.45, 7) is 2.17. The van der Waals surface area contributed by atoms with Crippen LogP contribution < -0.4 is 10.5 Å². The zero-order valence-electron chi connectivity index (χ0n) is 10.2. The van der Waals surface area contributed by atoms with Gasteiger partial charge in [-0.25, -0.2) is 13.8 Å². The molecule has 0 saturated heterocycles. The third-order valence-electron chi connectivity index (χ3n) is 2.37. The molecule has 3 nitrogen and oxygen atoms in total. The zero-order valence-corrected chi connectivity index (χ0v) is 11.0. The first-order valence-electron chi connectivity index (χ1n) is 5.38. The van der Waals surface area contributed by atoms with E-state index in [1.807, 2.05) is 6.07 Å². The van der Waals surface area contributed by atoms with Gasteiger partial charge in [0.15, 0.2) is 0 Å². The highest BCUT2D eigenvalue weighted by Gasteiger charge is 2.07. The average molecular weight is 287 g/mol. The van der Waals surface area contributed by atoms with E-state index in [1.54, 1.807) is 13.1 Å². The Morgan fingerprint density at radius 1 is 1.16 bits per heavy atom. The lowest BCUT2D eigenvalue weighted by Gasteiger charge is -2.08. The fourth-order valence-electron chi connectivity index (χ4n) is 1.54. The summed E-state index contributed by atoms with van der Waals surface area (Å²) in [6, 6.07) is 4.80. The van der Waals surface area contributed by atoms with E-state index in [4.69, 9.17) is 10.5 Å². The second kappa shape index (κ2) is 6.45. The van der Waals surface area contributed by atoms with Crippen LogP contribution in [0.1, 0.15) is 11.1 Å². The van der Waals surface area contributed by atoms with Crippen molar-refractivity contribution in [1.29, 1.82) is 0 Å². The van der Waals surface area contributed by atoms with E-state index < -0.39 is 11.6 Å². The molecule has 0 atom stereocenters. The Labute approximate surface area is 115 Å². The molecule has 19 heavy (non-hydrogen) atoms. The number of halogens is 3. The summed E-state index contributed by atoms with van der Waals surface area (Å²) in [5.41, 5.74) is 7.10. The Bertz CT molecular complexity index is 558. The molecule has 1 aromatic carbocycles. The maximum absolute atomic E-state index is 13.0. The number of aromatic nitrogens is 1. The molecule has 2 aromatic rings. The minimum absolute atomic E-state index is 0. The summed E-state index contributed by atoms with van der Waals surface area (Å²) in [5.74, 6) is -1.01. The predicted octanol–water partition coefficient (Wildman–Crippen LogP) is 3.34. The van der Waals surface area contributed by atoms with Crippen LogP contribution in [0.5, 0.6) is 11.6 Å². The molecule has 0 bridgehead atoms. The Kier molecular flexibility index (Phi) is 5.20. The molecule has 0 aliphatic heterocycles. The number of pyridine rings is 1. The maximum Gasteiger partial charge on any atom is 0.222 e. The molecular weight excluding hydrogens is 274 g/mol. The smallest absolute Gasteiger partial charge is 0.222 e. The summed E-state index contributed by atoms with van der Waals surface area (Å²) in [7, 11) is 0. The molecule has 0 spiro atoms. The SMILES string of the molecule is Cc1cc(CN)cnc1Oc1cc(F)cc(F)c1.Cl. The summed E-state index contributed by atoms with van der Waals surface area (Å²) >= 11 is 0. The molecule has 6 heteroatoms. The van der Waals surface area contributed by atoms with Crippen molar-refractivity contribution in [2.24, 2.45) is 5.73 Å². The average Bonchev–Trinajstić information content (AvgIpc) is 2.30. The van der Waals surface area contributed by atoms with Crippen molar-refractivity contribution in [3.8, 4) is 11.6 Å². The van der Waals surface area contributed by atoms with E-state index in [0.29, 0.717) is 12.4 Å². The molecule has 102 valence electrons. The number of rotatable bonds is 3. The molecule has 1 aromatic heterocycles. The van der Waals surface area contributed by atoms with Gasteiger partial charge >= 0.3 is 0 Å². The molecule has 0 saturated carbocycles. The van der Waals surface area contributed by atoms with Gasteiger partial charge in [0.1, 0.15) is 17.4 Å². The number of nitrogens with two attached hydrogens (primary N) is 1. The van der Waals surface area contributed by atoms with Gasteiger partial charge in [0, 0.05) is 36.5 Å². The topological polar surface area (TPSA) is 48.1 Å². The molecule has 2 N–H and O–H groups in total. The van der Waals surface area contributed by atoms with Crippen LogP contribution >= 0.6 is 12.4 Å². The highest BCUT2D eigenvalue weighted by atomic mass is 35.5. The fraction of sp³-hybridized carbons (Fsp3) is 0.154. The fourth-order valence-corrected chi connectivity index (χ4v) is 1.54. The van der Waals surface area contributed by atoms with Gasteiger partial charge in [-0.2, -0.15) is 0 Å². The quantitative estimate of drug-likeness (QED) is 0.941. The van der Waals surface area contributed by atoms with Crippen molar-refractivity contribution in [3.63, 3.8) is 0 Å². The first kappa shape index (κ1) is 15.3. The van der Waals surface area contributed by atoms with Gasteiger partial charge in [0.25, 0.3) is 0 Å². The van der Waals surface area contributed by atoms with Gasteiger partial charge < -0.3 is 10.5 Å². The molecular formula is C13H13ClF2N2O. The van der Waals surface area contributed by atoms with Crippen LogP contribution in [0.15, 0.2) is 30.5 Å². The van der Waals surface area contributed by atoms with Crippen LogP contribution in [-0.4, -0.2) is 4.98 Å². The Balaban J connectivity index is 0.00000180. The van der Waals surface area contributed by atoms with E-state index in [9.17, 15) is 8.78 Å². The minimum atomic E-state index is -0.693. The van der Waals surface area contributed by atoms with Crippen molar-refractivity contribution in [2.75, 3.05) is 0 Å². The first-order valence-corrected chi connectivity index (χ1v) is 5.38. The lowest BCUT2D eigenvalue weighted by atomic mass is 10.2. The van der Waals surface area contributed by atoms with Crippen LogP contribution in [0, 0.1) is 18.6 Å². The molecule has 0 aliphatic carbocycles. The largest absolute Gasteiger partial charge is 0.439 e. The minimum Gasteiger partial charge on any atom is -0.439 e. The normalized spacial score (nSPS) is 9.89. The van der Waals surface area contributed by atoms with Crippen LogP contribution in [0.4, 0.5) is 8.78 Å². The zero-order chi connectivity index (χ0) is 13.1. The number of hydrogen-bond donors (Lipinski definition) is 1. The second-order valence-corrected chi connectivity index (χ2v) is 3.88. The highest BCUT2D eigenvalue weighted by Crippen LogP contribution is 2.24. The van der Waals surface area contributed by atoms with E-state index in [1.165, 1.54) is 0 Å². The van der Waals surface area contributed by atoms with Crippen molar-refractivity contribution < 1.29 is 13.5 Å². The molecule has 0 fully saturated rings. The Morgan fingerprint density at radius 2 is 1.79 bits per heavy atom. The van der Waals surface area contributed by atoms with E-state index >= 15 is 0 Å². The lowest BCUT2D eigenvalue weighted by molar-refractivity contribution is 0.447. The molecule has 0 amide bonds. The number of benzene rings is 1. The van der Waals surface area contributed by atoms with Crippen molar-refractivity contribution >= 4 is 12.4 Å². The predicted molar refractivity (Wildman–Crippen MR) is 70.5 cm³/mol. The Hall–Kier alpha value is -1.72. The summed E-state index contributed by atoms with van der Waals surface area (Å²) in [5, 5.41) is 0. The van der Waals surface area contributed by atoms with Crippen LogP contribution in [0.3, 0.4) is 0 Å². The molecule has 0 aliphatic rings. The van der Waals surface area contributed by atoms with Crippen LogP contribution in [0.25, 0.3) is 0 Å². The molecule has 0 unspecified atom stereocenters. The van der Waals surface area contributed by atoms with Gasteiger partial charge in [-0.15, -0.1) is 12.4 Å². The summed E-state index contributed by atoms with van der Waals surface area (Å²) in [4.78, 5) is 4.06. The van der Waals surface area contributed by atoms with E-state index in [-0.39, 0.29) is 18.2 Å². The van der Waals surface area contributed by atoms with Crippen LogP contribution in [-0.2, 0) is 6.54 Å². The number of ether oxygens (including phenoxy) is 1. The van der Waals surface area contributed by atoms with E-state index in [2.05, 4.69) is 4.98 Å². The van der Waals surface area contributed by atoms with Crippen molar-refractivity contribution in [2.45, 2.75) is 13.5 Å². The lowest BCUT2D eigenvalue weighted by Crippen LogP contribution is -1.99. The van der Waals surface area contributed by atoms with Crippen molar-refractivity contribution in [1.82, 2.24) is 4.98 Å². The van der Waals surface area contributed by atoms with Gasteiger partial charge in [-0.1, -0.05) is 0 Å². The van der Waals surface area contributed by atoms with Gasteiger partial charge in [0.05, 0.1) is 0 Å². The van der Waals surface area contributed by atoms with E-state index in [0.717, 1.165) is 29.3 Å². The van der Waals surface area contributed by atoms with Gasteiger partial charge in [-0.3, -0.25) is 0 Å². The highest BCUT2D eigenvalue weighted by molar-refractivity contribution is 5.85. The third-order valence-corrected chi connectivity index (χ3v) is 2.37.